The minimum Gasteiger partial charge on any atom is -0.372 e. The lowest BCUT2D eigenvalue weighted by molar-refractivity contribution is 0.373. The van der Waals surface area contributed by atoms with Crippen molar-refractivity contribution in [3.63, 3.8) is 0 Å². The molecule has 2 unspecified atom stereocenters. The molecule has 0 aromatic heterocycles. The van der Waals surface area contributed by atoms with Gasteiger partial charge in [0.2, 0.25) is 0 Å². The smallest absolute Gasteiger partial charge is 0.0933 e. The third-order valence-corrected chi connectivity index (χ3v) is 2.22. The van der Waals surface area contributed by atoms with Crippen molar-refractivity contribution in [2.24, 2.45) is 0 Å². The largest absolute Gasteiger partial charge is 0.372 e. The van der Waals surface area contributed by atoms with Gasteiger partial charge in [0, 0.05) is 13.1 Å². The van der Waals surface area contributed by atoms with E-state index in [4.69, 9.17) is 9.47 Å². The van der Waals surface area contributed by atoms with Crippen LogP contribution in [-0.2, 0) is 9.47 Å². The van der Waals surface area contributed by atoms with Crippen molar-refractivity contribution in [1.29, 1.82) is 0 Å². The third-order valence-electron chi connectivity index (χ3n) is 2.22. The van der Waals surface area contributed by atoms with Gasteiger partial charge < -0.3 is 14.8 Å². The maximum Gasteiger partial charge on any atom is 0.0933 e. The fraction of sp³-hybridized carbons (Fsp3) is 0.500. The van der Waals surface area contributed by atoms with E-state index < -0.39 is 0 Å². The molecule has 3 heteroatoms. The van der Waals surface area contributed by atoms with E-state index in [1.807, 2.05) is 36.4 Å². The first-order valence-corrected chi connectivity index (χ1v) is 5.39. The van der Waals surface area contributed by atoms with E-state index in [0.717, 1.165) is 26.3 Å². The topological polar surface area (TPSA) is 37.1 Å². The Hall–Kier alpha value is -0.900. The molecule has 2 aliphatic rings. The first-order valence-electron chi connectivity index (χ1n) is 5.39. The van der Waals surface area contributed by atoms with Gasteiger partial charge in [-0.1, -0.05) is 36.4 Å². The molecule has 0 aliphatic carbocycles. The summed E-state index contributed by atoms with van der Waals surface area (Å²) in [5, 5.41) is 3.26. The van der Waals surface area contributed by atoms with Gasteiger partial charge in [-0.05, 0) is 0 Å². The van der Waals surface area contributed by atoms with Crippen LogP contribution in [0.4, 0.5) is 0 Å². The summed E-state index contributed by atoms with van der Waals surface area (Å²) >= 11 is 0. The van der Waals surface area contributed by atoms with Crippen molar-refractivity contribution in [3.8, 4) is 0 Å². The van der Waals surface area contributed by atoms with E-state index in [2.05, 4.69) is 5.32 Å². The SMILES string of the molecule is C(NCC1CO1)C1CO1.c1ccccc1. The lowest BCUT2D eigenvalue weighted by Gasteiger charge is -1.95. The summed E-state index contributed by atoms with van der Waals surface area (Å²) in [6.45, 7) is 3.89. The molecular formula is C12H17NO2. The van der Waals surface area contributed by atoms with Gasteiger partial charge >= 0.3 is 0 Å². The van der Waals surface area contributed by atoms with Crippen molar-refractivity contribution in [1.82, 2.24) is 5.32 Å². The molecule has 2 saturated heterocycles. The summed E-state index contributed by atoms with van der Waals surface area (Å²) in [6.07, 6.45) is 1.01. The maximum atomic E-state index is 5.01. The molecule has 1 aromatic rings. The van der Waals surface area contributed by atoms with Crippen molar-refractivity contribution < 1.29 is 9.47 Å². The Kier molecular flexibility index (Phi) is 4.14. The van der Waals surface area contributed by atoms with Crippen LogP contribution in [0.1, 0.15) is 0 Å². The molecule has 0 saturated carbocycles. The molecule has 2 heterocycles. The van der Waals surface area contributed by atoms with Gasteiger partial charge in [-0.25, -0.2) is 0 Å². The zero-order chi connectivity index (χ0) is 10.3. The monoisotopic (exact) mass is 207 g/mol. The highest BCUT2D eigenvalue weighted by Crippen LogP contribution is 2.09. The number of nitrogens with one attached hydrogen (secondary N) is 1. The van der Waals surface area contributed by atoms with Gasteiger partial charge in [0.15, 0.2) is 0 Å². The maximum absolute atomic E-state index is 5.01. The number of epoxide rings is 2. The van der Waals surface area contributed by atoms with Gasteiger partial charge in [-0.3, -0.25) is 0 Å². The molecule has 82 valence electrons. The van der Waals surface area contributed by atoms with E-state index in [1.54, 1.807) is 0 Å². The summed E-state index contributed by atoms with van der Waals surface area (Å²) in [6, 6.07) is 12.0. The standard InChI is InChI=1S/C6H11NO2.C6H6/c1(5-3-8-5)7-2-6-4-9-6;1-2-4-6-5-3-1/h5-7H,1-4H2;1-6H. The molecule has 1 aromatic carbocycles. The number of rotatable bonds is 4. The molecule has 0 bridgehead atoms. The predicted molar refractivity (Wildman–Crippen MR) is 58.8 cm³/mol. The third kappa shape index (κ3) is 5.52. The van der Waals surface area contributed by atoms with Gasteiger partial charge in [-0.2, -0.15) is 0 Å². The summed E-state index contributed by atoms with van der Waals surface area (Å²) < 4.78 is 10.0. The Bertz CT molecular complexity index is 219. The van der Waals surface area contributed by atoms with E-state index >= 15 is 0 Å². The molecule has 2 fully saturated rings. The van der Waals surface area contributed by atoms with Crippen molar-refractivity contribution >= 4 is 0 Å². The highest BCUT2D eigenvalue weighted by atomic mass is 16.6. The second-order valence-electron chi connectivity index (χ2n) is 3.72. The average molecular weight is 207 g/mol. The number of hydrogen-bond donors (Lipinski definition) is 1. The van der Waals surface area contributed by atoms with Crippen molar-refractivity contribution in [2.75, 3.05) is 26.3 Å². The van der Waals surface area contributed by atoms with Crippen LogP contribution in [0.3, 0.4) is 0 Å². The second-order valence-corrected chi connectivity index (χ2v) is 3.72. The normalized spacial score (nSPS) is 26.4. The molecule has 0 radical (unpaired) electrons. The number of benzene rings is 1. The fourth-order valence-electron chi connectivity index (χ4n) is 1.16. The van der Waals surface area contributed by atoms with Gasteiger partial charge in [0.1, 0.15) is 0 Å². The predicted octanol–water partition coefficient (Wildman–Crippen LogP) is 1.06. The summed E-state index contributed by atoms with van der Waals surface area (Å²) in [5.41, 5.74) is 0. The van der Waals surface area contributed by atoms with Gasteiger partial charge in [0.25, 0.3) is 0 Å². The van der Waals surface area contributed by atoms with Crippen LogP contribution in [-0.4, -0.2) is 38.5 Å². The Morgan fingerprint density at radius 1 is 0.800 bits per heavy atom. The molecule has 3 rings (SSSR count). The minimum atomic E-state index is 0.503. The van der Waals surface area contributed by atoms with Crippen LogP contribution < -0.4 is 5.32 Å². The van der Waals surface area contributed by atoms with Crippen molar-refractivity contribution in [2.45, 2.75) is 12.2 Å². The molecule has 0 amide bonds. The molecule has 0 spiro atoms. The summed E-state index contributed by atoms with van der Waals surface area (Å²) in [7, 11) is 0. The molecule has 15 heavy (non-hydrogen) atoms. The van der Waals surface area contributed by atoms with E-state index in [-0.39, 0.29) is 0 Å². The lowest BCUT2D eigenvalue weighted by atomic mass is 10.4. The quantitative estimate of drug-likeness (QED) is 0.750. The Morgan fingerprint density at radius 2 is 1.13 bits per heavy atom. The van der Waals surface area contributed by atoms with Gasteiger partial charge in [0.05, 0.1) is 25.4 Å². The second kappa shape index (κ2) is 5.85. The van der Waals surface area contributed by atoms with Crippen LogP contribution in [0.5, 0.6) is 0 Å². The highest BCUT2D eigenvalue weighted by molar-refractivity contribution is 4.99. The van der Waals surface area contributed by atoms with E-state index in [0.29, 0.717) is 12.2 Å². The van der Waals surface area contributed by atoms with Crippen LogP contribution >= 0.6 is 0 Å². The van der Waals surface area contributed by atoms with Gasteiger partial charge in [-0.15, -0.1) is 0 Å². The molecule has 2 aliphatic heterocycles. The molecule has 2 atom stereocenters. The first-order chi connectivity index (χ1) is 7.45. The molecule has 1 N–H and O–H groups in total. The zero-order valence-electron chi connectivity index (χ0n) is 8.76. The number of ether oxygens (including phenoxy) is 2. The van der Waals surface area contributed by atoms with Crippen LogP contribution in [0.25, 0.3) is 0 Å². The Balaban J connectivity index is 0.000000124. The van der Waals surface area contributed by atoms with E-state index in [9.17, 15) is 0 Å². The fourth-order valence-corrected chi connectivity index (χ4v) is 1.16. The average Bonchev–Trinajstić information content (AvgIpc) is 3.16. The molecular weight excluding hydrogens is 190 g/mol. The lowest BCUT2D eigenvalue weighted by Crippen LogP contribution is -2.24. The summed E-state index contributed by atoms with van der Waals surface area (Å²) in [4.78, 5) is 0. The highest BCUT2D eigenvalue weighted by Gasteiger charge is 2.25. The first kappa shape index (κ1) is 10.6. The van der Waals surface area contributed by atoms with E-state index in [1.165, 1.54) is 0 Å². The summed E-state index contributed by atoms with van der Waals surface area (Å²) in [5.74, 6) is 0. The number of hydrogen-bond acceptors (Lipinski definition) is 3. The van der Waals surface area contributed by atoms with Crippen molar-refractivity contribution in [3.05, 3.63) is 36.4 Å². The van der Waals surface area contributed by atoms with Crippen LogP contribution in [0, 0.1) is 0 Å². The molecule has 3 nitrogen and oxygen atoms in total. The zero-order valence-corrected chi connectivity index (χ0v) is 8.76. The van der Waals surface area contributed by atoms with Crippen LogP contribution in [0.15, 0.2) is 36.4 Å². The van der Waals surface area contributed by atoms with Crippen LogP contribution in [0.2, 0.25) is 0 Å². The Labute approximate surface area is 90.4 Å². The Morgan fingerprint density at radius 3 is 1.40 bits per heavy atom. The minimum absolute atomic E-state index is 0.503.